The van der Waals surface area contributed by atoms with E-state index in [0.29, 0.717) is 12.1 Å². The largest absolute Gasteiger partial charge is 0.416 e. The Hall–Kier alpha value is -4.02. The first-order valence-electron chi connectivity index (χ1n) is 12.2. The molecule has 0 saturated carbocycles. The van der Waals surface area contributed by atoms with E-state index in [1.54, 1.807) is 27.8 Å². The quantitative estimate of drug-likeness (QED) is 0.304. The minimum atomic E-state index is -5.08. The van der Waals surface area contributed by atoms with Crippen molar-refractivity contribution in [1.29, 1.82) is 0 Å². The summed E-state index contributed by atoms with van der Waals surface area (Å²) < 4.78 is 79.5. The lowest BCUT2D eigenvalue weighted by atomic mass is 9.85. The molecule has 0 saturated heterocycles. The minimum absolute atomic E-state index is 0.0349. The zero-order valence-corrected chi connectivity index (χ0v) is 22.2. The number of carbonyl (C=O) groups is 2. The molecule has 0 fully saturated rings. The Balaban J connectivity index is 1.92. The lowest BCUT2D eigenvalue weighted by Gasteiger charge is -2.37. The van der Waals surface area contributed by atoms with Gasteiger partial charge in [-0.3, -0.25) is 4.79 Å². The van der Waals surface area contributed by atoms with Crippen LogP contribution in [-0.4, -0.2) is 29.9 Å². The van der Waals surface area contributed by atoms with Crippen LogP contribution in [0.25, 0.3) is 0 Å². The SMILES string of the molecule is CN(C(=O)[C@@H](NC(=O)Nc1cc(C(F)(F)F)cc(C(F)(F)F)c1)C(C)(C)C)C(c1ccccc1)c1ccccc1. The minimum Gasteiger partial charge on any atom is -0.333 e. The van der Waals surface area contributed by atoms with Gasteiger partial charge in [-0.05, 0) is 34.7 Å². The highest BCUT2D eigenvalue weighted by molar-refractivity contribution is 5.94. The van der Waals surface area contributed by atoms with Gasteiger partial charge in [0.1, 0.15) is 6.04 Å². The monoisotopic (exact) mass is 565 g/mol. The maximum absolute atomic E-state index is 13.8. The predicted molar refractivity (Wildman–Crippen MR) is 139 cm³/mol. The van der Waals surface area contributed by atoms with E-state index in [1.807, 2.05) is 66.0 Å². The number of amides is 3. The van der Waals surface area contributed by atoms with Crippen molar-refractivity contribution in [2.45, 2.75) is 45.2 Å². The number of nitrogens with one attached hydrogen (secondary N) is 2. The van der Waals surface area contributed by atoms with Crippen LogP contribution >= 0.6 is 0 Å². The average molecular weight is 566 g/mol. The predicted octanol–water partition coefficient (Wildman–Crippen LogP) is 7.51. The molecule has 0 bridgehead atoms. The van der Waals surface area contributed by atoms with Gasteiger partial charge in [-0.2, -0.15) is 26.3 Å². The molecule has 1 atom stereocenters. The zero-order chi connectivity index (χ0) is 29.9. The number of alkyl halides is 6. The number of hydrogen-bond donors (Lipinski definition) is 2. The summed E-state index contributed by atoms with van der Waals surface area (Å²) in [7, 11) is 1.56. The van der Waals surface area contributed by atoms with E-state index in [0.717, 1.165) is 11.1 Å². The summed E-state index contributed by atoms with van der Waals surface area (Å²) in [6.07, 6.45) is -10.2. The second kappa shape index (κ2) is 11.6. The number of anilines is 1. The molecule has 0 aromatic heterocycles. The third-order valence-electron chi connectivity index (χ3n) is 6.20. The molecule has 0 aliphatic carbocycles. The maximum Gasteiger partial charge on any atom is 0.416 e. The third kappa shape index (κ3) is 7.55. The van der Waals surface area contributed by atoms with Crippen LogP contribution in [0.4, 0.5) is 36.8 Å². The first kappa shape index (κ1) is 30.5. The van der Waals surface area contributed by atoms with E-state index < -0.39 is 58.6 Å². The van der Waals surface area contributed by atoms with Crippen LogP contribution in [0.5, 0.6) is 0 Å². The summed E-state index contributed by atoms with van der Waals surface area (Å²) in [4.78, 5) is 28.1. The van der Waals surface area contributed by atoms with Crippen LogP contribution in [0, 0.1) is 5.41 Å². The number of hydrogen-bond acceptors (Lipinski definition) is 2. The van der Waals surface area contributed by atoms with Crippen LogP contribution in [0.2, 0.25) is 0 Å². The lowest BCUT2D eigenvalue weighted by Crippen LogP contribution is -2.55. The van der Waals surface area contributed by atoms with Crippen molar-refractivity contribution in [3.63, 3.8) is 0 Å². The van der Waals surface area contributed by atoms with Crippen LogP contribution < -0.4 is 10.6 Å². The van der Waals surface area contributed by atoms with Gasteiger partial charge in [-0.25, -0.2) is 4.79 Å². The number of rotatable bonds is 6. The van der Waals surface area contributed by atoms with Gasteiger partial charge in [0.05, 0.1) is 17.2 Å². The van der Waals surface area contributed by atoms with Crippen LogP contribution in [0.15, 0.2) is 78.9 Å². The van der Waals surface area contributed by atoms with Gasteiger partial charge in [-0.15, -0.1) is 0 Å². The molecule has 2 N–H and O–H groups in total. The van der Waals surface area contributed by atoms with E-state index in [9.17, 15) is 35.9 Å². The molecule has 0 heterocycles. The first-order chi connectivity index (χ1) is 18.5. The van der Waals surface area contributed by atoms with E-state index in [-0.39, 0.29) is 6.07 Å². The van der Waals surface area contributed by atoms with Crippen molar-refractivity contribution >= 4 is 17.6 Å². The fourth-order valence-corrected chi connectivity index (χ4v) is 4.22. The molecule has 214 valence electrons. The van der Waals surface area contributed by atoms with Gasteiger partial charge in [0.2, 0.25) is 5.91 Å². The molecule has 3 amide bonds. The van der Waals surface area contributed by atoms with Crippen molar-refractivity contribution in [2.24, 2.45) is 5.41 Å². The molecule has 40 heavy (non-hydrogen) atoms. The molecular weight excluding hydrogens is 536 g/mol. The number of benzene rings is 3. The molecule has 0 aliphatic heterocycles. The second-order valence-electron chi connectivity index (χ2n) is 10.4. The number of carbonyl (C=O) groups excluding carboxylic acids is 2. The summed E-state index contributed by atoms with van der Waals surface area (Å²) in [5, 5.41) is 4.49. The highest BCUT2D eigenvalue weighted by atomic mass is 19.4. The number of nitrogens with zero attached hydrogens (tertiary/aromatic N) is 1. The van der Waals surface area contributed by atoms with Crippen molar-refractivity contribution in [3.05, 3.63) is 101 Å². The standard InChI is InChI=1S/C29H29F6N3O2/c1-27(2,3)24(25(39)38(4)23(18-11-7-5-8-12-18)19-13-9-6-10-14-19)37-26(40)36-22-16-20(28(30,31)32)15-21(17-22)29(33,34)35/h5-17,23-24H,1-4H3,(H2,36,37,40)/t24-/m1/s1. The van der Waals surface area contributed by atoms with E-state index >= 15 is 0 Å². The molecule has 3 rings (SSSR count). The van der Waals surface area contributed by atoms with Crippen molar-refractivity contribution < 1.29 is 35.9 Å². The molecule has 0 spiro atoms. The topological polar surface area (TPSA) is 61.4 Å². The number of urea groups is 1. The van der Waals surface area contributed by atoms with Gasteiger partial charge in [0.15, 0.2) is 0 Å². The first-order valence-corrected chi connectivity index (χ1v) is 12.2. The summed E-state index contributed by atoms with van der Waals surface area (Å²) in [5.74, 6) is -0.514. The summed E-state index contributed by atoms with van der Waals surface area (Å²) >= 11 is 0. The van der Waals surface area contributed by atoms with Gasteiger partial charge in [0.25, 0.3) is 0 Å². The molecule has 5 nitrogen and oxygen atoms in total. The highest BCUT2D eigenvalue weighted by Gasteiger charge is 2.39. The van der Waals surface area contributed by atoms with E-state index in [1.165, 1.54) is 4.90 Å². The van der Waals surface area contributed by atoms with Gasteiger partial charge >= 0.3 is 18.4 Å². The van der Waals surface area contributed by atoms with Crippen molar-refractivity contribution in [1.82, 2.24) is 10.2 Å². The fraction of sp³-hybridized carbons (Fsp3) is 0.310. The molecule has 0 aliphatic rings. The Morgan fingerprint density at radius 2 is 1.15 bits per heavy atom. The van der Waals surface area contributed by atoms with Gasteiger partial charge in [-0.1, -0.05) is 81.4 Å². The molecule has 3 aromatic carbocycles. The summed E-state index contributed by atoms with van der Waals surface area (Å²) in [6.45, 7) is 5.03. The average Bonchev–Trinajstić information content (AvgIpc) is 2.86. The van der Waals surface area contributed by atoms with Gasteiger partial charge < -0.3 is 15.5 Å². The lowest BCUT2D eigenvalue weighted by molar-refractivity contribution is -0.143. The number of halogens is 6. The Kier molecular flexibility index (Phi) is 8.86. The van der Waals surface area contributed by atoms with Crippen molar-refractivity contribution in [2.75, 3.05) is 12.4 Å². The smallest absolute Gasteiger partial charge is 0.333 e. The Bertz CT molecular complexity index is 1250. The van der Waals surface area contributed by atoms with Crippen LogP contribution in [0.1, 0.15) is 49.1 Å². The molecule has 0 radical (unpaired) electrons. The summed E-state index contributed by atoms with van der Waals surface area (Å²) in [6, 6.07) is 16.2. The second-order valence-corrected chi connectivity index (χ2v) is 10.4. The molecular formula is C29H29F6N3O2. The Morgan fingerprint density at radius 3 is 1.52 bits per heavy atom. The van der Waals surface area contributed by atoms with E-state index in [2.05, 4.69) is 5.32 Å². The van der Waals surface area contributed by atoms with Gasteiger partial charge in [0, 0.05) is 12.7 Å². The third-order valence-corrected chi connectivity index (χ3v) is 6.20. The highest BCUT2D eigenvalue weighted by Crippen LogP contribution is 2.37. The van der Waals surface area contributed by atoms with Crippen molar-refractivity contribution in [3.8, 4) is 0 Å². The Labute approximate surface area is 228 Å². The zero-order valence-electron chi connectivity index (χ0n) is 22.2. The number of likely N-dealkylation sites (N-methyl/N-ethyl adjacent to an activating group) is 1. The van der Waals surface area contributed by atoms with E-state index in [4.69, 9.17) is 0 Å². The normalized spacial score (nSPS) is 13.1. The molecule has 0 unspecified atom stereocenters. The fourth-order valence-electron chi connectivity index (χ4n) is 4.22. The molecule has 11 heteroatoms. The molecule has 3 aromatic rings. The Morgan fingerprint density at radius 1 is 0.725 bits per heavy atom. The summed E-state index contributed by atoms with van der Waals surface area (Å²) in [5.41, 5.74) is -3.16. The maximum atomic E-state index is 13.8. The van der Waals surface area contributed by atoms with Crippen LogP contribution in [-0.2, 0) is 17.1 Å². The van der Waals surface area contributed by atoms with Crippen LogP contribution in [0.3, 0.4) is 0 Å².